The van der Waals surface area contributed by atoms with E-state index in [0.717, 1.165) is 19.3 Å². The Morgan fingerprint density at radius 1 is 1.45 bits per heavy atom. The van der Waals surface area contributed by atoms with Gasteiger partial charge in [0, 0.05) is 29.8 Å². The average Bonchev–Trinajstić information content (AvgIpc) is 2.45. The van der Waals surface area contributed by atoms with Crippen molar-refractivity contribution in [3.63, 3.8) is 0 Å². The van der Waals surface area contributed by atoms with Gasteiger partial charge in [-0.25, -0.2) is 0 Å². The zero-order chi connectivity index (χ0) is 17.0. The first-order valence-corrected chi connectivity index (χ1v) is 8.45. The third-order valence-electron chi connectivity index (χ3n) is 4.73. The lowest BCUT2D eigenvalue weighted by Crippen LogP contribution is -2.50. The third kappa shape index (κ3) is 5.18. The van der Waals surface area contributed by atoms with E-state index in [1.54, 1.807) is 6.21 Å². The number of aliphatic hydroxyl groups is 1. The minimum Gasteiger partial charge on any atom is -0.396 e. The number of nitrogens with two attached hydrogens (primary N) is 1. The van der Waals surface area contributed by atoms with Gasteiger partial charge in [0.1, 0.15) is 0 Å². The summed E-state index contributed by atoms with van der Waals surface area (Å²) in [7, 11) is 0. The molecule has 4 heteroatoms. The molecule has 1 aliphatic rings. The van der Waals surface area contributed by atoms with Crippen LogP contribution in [-0.2, 0) is 0 Å². The van der Waals surface area contributed by atoms with E-state index >= 15 is 0 Å². The maximum Gasteiger partial charge on any atom is 0.0457 e. The molecule has 0 saturated heterocycles. The highest BCUT2D eigenvalue weighted by Gasteiger charge is 2.35. The highest BCUT2D eigenvalue weighted by molar-refractivity contribution is 5.67. The van der Waals surface area contributed by atoms with Crippen LogP contribution in [0.1, 0.15) is 53.9 Å². The van der Waals surface area contributed by atoms with E-state index in [0.29, 0.717) is 18.5 Å². The summed E-state index contributed by atoms with van der Waals surface area (Å²) in [5.41, 5.74) is 7.15. The van der Waals surface area contributed by atoms with Crippen LogP contribution in [0.2, 0.25) is 0 Å². The second kappa shape index (κ2) is 7.71. The van der Waals surface area contributed by atoms with Crippen molar-refractivity contribution in [1.82, 2.24) is 5.32 Å². The summed E-state index contributed by atoms with van der Waals surface area (Å²) >= 11 is 0. The van der Waals surface area contributed by atoms with Crippen LogP contribution in [0.4, 0.5) is 0 Å². The number of rotatable bonds is 7. The van der Waals surface area contributed by atoms with E-state index in [2.05, 4.69) is 39.1 Å². The predicted octanol–water partition coefficient (Wildman–Crippen LogP) is 2.71. The van der Waals surface area contributed by atoms with E-state index in [4.69, 9.17) is 11.1 Å². The van der Waals surface area contributed by atoms with Crippen molar-refractivity contribution >= 4 is 6.21 Å². The van der Waals surface area contributed by atoms with Crippen molar-refractivity contribution in [2.45, 2.75) is 65.5 Å². The summed E-state index contributed by atoms with van der Waals surface area (Å²) in [6.07, 6.45) is 6.56. The molecule has 5 N–H and O–H groups in total. The van der Waals surface area contributed by atoms with E-state index in [1.807, 2.05) is 6.92 Å². The van der Waals surface area contributed by atoms with Gasteiger partial charge in [0.05, 0.1) is 0 Å². The summed E-state index contributed by atoms with van der Waals surface area (Å²) in [6, 6.07) is 0.402. The van der Waals surface area contributed by atoms with Gasteiger partial charge >= 0.3 is 0 Å². The van der Waals surface area contributed by atoms with Crippen molar-refractivity contribution in [3.8, 4) is 0 Å². The average molecular weight is 309 g/mol. The molecule has 0 saturated carbocycles. The van der Waals surface area contributed by atoms with Crippen LogP contribution >= 0.6 is 0 Å². The molecule has 4 atom stereocenters. The van der Waals surface area contributed by atoms with Gasteiger partial charge in [-0.05, 0) is 58.4 Å². The zero-order valence-corrected chi connectivity index (χ0v) is 14.9. The molecule has 0 fully saturated rings. The molecular formula is C18H35N3O. The van der Waals surface area contributed by atoms with Gasteiger partial charge in [-0.1, -0.05) is 25.5 Å². The number of aliphatic hydroxyl groups excluding tert-OH is 1. The Hall–Kier alpha value is -0.710. The van der Waals surface area contributed by atoms with Gasteiger partial charge < -0.3 is 21.6 Å². The molecule has 0 aromatic carbocycles. The molecule has 0 aromatic rings. The maximum atomic E-state index is 9.34. The lowest BCUT2D eigenvalue weighted by Gasteiger charge is -2.40. The van der Waals surface area contributed by atoms with Crippen molar-refractivity contribution in [3.05, 3.63) is 11.6 Å². The predicted molar refractivity (Wildman–Crippen MR) is 94.3 cm³/mol. The normalized spacial score (nSPS) is 27.0. The van der Waals surface area contributed by atoms with Gasteiger partial charge in [0.15, 0.2) is 0 Å². The summed E-state index contributed by atoms with van der Waals surface area (Å²) in [6.45, 7) is 11.5. The van der Waals surface area contributed by atoms with Crippen LogP contribution in [0, 0.1) is 22.7 Å². The van der Waals surface area contributed by atoms with Crippen LogP contribution in [0.5, 0.6) is 0 Å². The molecule has 0 aromatic heterocycles. The Bertz CT molecular complexity index is 400. The first-order chi connectivity index (χ1) is 10.1. The Balaban J connectivity index is 2.90. The second-order valence-electron chi connectivity index (χ2n) is 8.22. The van der Waals surface area contributed by atoms with Crippen LogP contribution < -0.4 is 11.1 Å². The molecule has 128 valence electrons. The number of hydrogen-bond acceptors (Lipinski definition) is 4. The summed E-state index contributed by atoms with van der Waals surface area (Å²) in [5, 5.41) is 20.9. The fourth-order valence-corrected chi connectivity index (χ4v) is 3.49. The highest BCUT2D eigenvalue weighted by atomic mass is 16.3. The first kappa shape index (κ1) is 19.3. The summed E-state index contributed by atoms with van der Waals surface area (Å²) < 4.78 is 0. The van der Waals surface area contributed by atoms with Crippen molar-refractivity contribution in [1.29, 1.82) is 5.41 Å². The van der Waals surface area contributed by atoms with Gasteiger partial charge in [-0.15, -0.1) is 0 Å². The number of hydrogen-bond donors (Lipinski definition) is 4. The SMILES string of the molecule is C[C@H](CO)C[C@](C)(C=N)C1=CCC(NC(C)(C)C)[C@H](CN)C1. The van der Waals surface area contributed by atoms with E-state index < -0.39 is 0 Å². The first-order valence-electron chi connectivity index (χ1n) is 8.45. The van der Waals surface area contributed by atoms with E-state index in [1.165, 1.54) is 5.57 Å². The van der Waals surface area contributed by atoms with Crippen molar-refractivity contribution < 1.29 is 5.11 Å². The molecule has 0 bridgehead atoms. The Morgan fingerprint density at radius 2 is 2.09 bits per heavy atom. The Kier molecular flexibility index (Phi) is 6.78. The summed E-state index contributed by atoms with van der Waals surface area (Å²) in [4.78, 5) is 0. The molecular weight excluding hydrogens is 274 g/mol. The van der Waals surface area contributed by atoms with E-state index in [9.17, 15) is 5.11 Å². The van der Waals surface area contributed by atoms with Crippen molar-refractivity contribution in [2.75, 3.05) is 13.2 Å². The molecule has 0 amide bonds. The quantitative estimate of drug-likeness (QED) is 0.431. The molecule has 1 unspecified atom stereocenters. The fraction of sp³-hybridized carbons (Fsp3) is 0.833. The molecule has 0 spiro atoms. The van der Waals surface area contributed by atoms with Crippen molar-refractivity contribution in [2.24, 2.45) is 23.0 Å². The van der Waals surface area contributed by atoms with E-state index in [-0.39, 0.29) is 23.5 Å². The molecule has 0 aliphatic heterocycles. The lowest BCUT2D eigenvalue weighted by molar-refractivity contribution is 0.205. The van der Waals surface area contributed by atoms with Crippen LogP contribution in [0.3, 0.4) is 0 Å². The largest absolute Gasteiger partial charge is 0.396 e. The van der Waals surface area contributed by atoms with Crippen LogP contribution in [0.15, 0.2) is 11.6 Å². The molecule has 1 rings (SSSR count). The second-order valence-corrected chi connectivity index (χ2v) is 8.22. The maximum absolute atomic E-state index is 9.34. The minimum atomic E-state index is -0.262. The van der Waals surface area contributed by atoms with Crippen LogP contribution in [-0.4, -0.2) is 36.1 Å². The summed E-state index contributed by atoms with van der Waals surface area (Å²) in [5.74, 6) is 0.609. The molecule has 4 nitrogen and oxygen atoms in total. The number of nitrogens with one attached hydrogen (secondary N) is 2. The van der Waals surface area contributed by atoms with Gasteiger partial charge in [-0.2, -0.15) is 0 Å². The molecule has 0 heterocycles. The molecule has 22 heavy (non-hydrogen) atoms. The Labute approximate surface area is 136 Å². The fourth-order valence-electron chi connectivity index (χ4n) is 3.49. The van der Waals surface area contributed by atoms with Crippen LogP contribution in [0.25, 0.3) is 0 Å². The number of allylic oxidation sites excluding steroid dienone is 1. The Morgan fingerprint density at radius 3 is 2.55 bits per heavy atom. The topological polar surface area (TPSA) is 82.1 Å². The standard InChI is InChI=1S/C18H35N3O/c1-13(11-22)9-18(5,12-20)15-6-7-16(14(8-15)10-19)21-17(2,3)4/h6,12-14,16,20-22H,7-11,19H2,1-5H3/t13-,14-,16?,18+/m0/s1. The smallest absolute Gasteiger partial charge is 0.0457 e. The van der Waals surface area contributed by atoms with Gasteiger partial charge in [-0.3, -0.25) is 0 Å². The minimum absolute atomic E-state index is 0.0830. The molecule has 0 radical (unpaired) electrons. The monoisotopic (exact) mass is 309 g/mol. The van der Waals surface area contributed by atoms with Gasteiger partial charge in [0.2, 0.25) is 0 Å². The molecule has 1 aliphatic carbocycles. The highest BCUT2D eigenvalue weighted by Crippen LogP contribution is 2.39. The van der Waals surface area contributed by atoms with Gasteiger partial charge in [0.25, 0.3) is 0 Å². The zero-order valence-electron chi connectivity index (χ0n) is 14.9. The lowest BCUT2D eigenvalue weighted by atomic mass is 9.69. The third-order valence-corrected chi connectivity index (χ3v) is 4.73.